The molecule has 0 heterocycles. The number of hydrogen-bond acceptors (Lipinski definition) is 4. The molecule has 2 aromatic carbocycles. The van der Waals surface area contributed by atoms with E-state index in [1.165, 1.54) is 0 Å². The minimum atomic E-state index is 0. The van der Waals surface area contributed by atoms with Crippen LogP contribution in [-0.4, -0.2) is 14.2 Å². The van der Waals surface area contributed by atoms with Gasteiger partial charge in [0.1, 0.15) is 11.5 Å². The number of anilines is 2. The molecule has 4 nitrogen and oxygen atoms in total. The van der Waals surface area contributed by atoms with Gasteiger partial charge in [-0.3, -0.25) is 0 Å². The first kappa shape index (κ1) is 12.1. The van der Waals surface area contributed by atoms with Crippen LogP contribution in [-0.2, 0) is 0 Å². The van der Waals surface area contributed by atoms with Crippen LogP contribution in [0.1, 0.15) is 1.43 Å². The molecule has 0 aliphatic carbocycles. The predicted octanol–water partition coefficient (Wildman–Crippen LogP) is 2.65. The van der Waals surface area contributed by atoms with Gasteiger partial charge in [-0.15, -0.1) is 0 Å². The second kappa shape index (κ2) is 4.87. The maximum atomic E-state index is 5.79. The van der Waals surface area contributed by atoms with Gasteiger partial charge in [-0.2, -0.15) is 0 Å². The molecule has 4 heteroatoms. The number of rotatable bonds is 3. The van der Waals surface area contributed by atoms with Gasteiger partial charge in [-0.25, -0.2) is 0 Å². The average molecular weight is 245 g/mol. The van der Waals surface area contributed by atoms with Crippen molar-refractivity contribution < 1.29 is 10.9 Å². The smallest absolute Gasteiger partial charge is 0.495 e. The maximum absolute atomic E-state index is 5.79. The van der Waals surface area contributed by atoms with E-state index in [9.17, 15) is 0 Å². The zero-order chi connectivity index (χ0) is 13.1. The molecule has 0 aromatic heterocycles. The Kier molecular flexibility index (Phi) is 3.28. The molecule has 2 aromatic rings. The average Bonchev–Trinajstić information content (AvgIpc) is 2.40. The molecule has 94 valence electrons. The van der Waals surface area contributed by atoms with Gasteiger partial charge in [-0.05, 0) is 35.4 Å². The van der Waals surface area contributed by atoms with Gasteiger partial charge in [0, 0.05) is 0 Å². The van der Waals surface area contributed by atoms with Crippen molar-refractivity contribution in [3.63, 3.8) is 0 Å². The fourth-order valence-corrected chi connectivity index (χ4v) is 1.78. The van der Waals surface area contributed by atoms with Crippen LogP contribution in [0.4, 0.5) is 11.4 Å². The molecule has 0 spiro atoms. The van der Waals surface area contributed by atoms with Crippen LogP contribution in [0, 0.1) is 0 Å². The van der Waals surface area contributed by atoms with E-state index in [1.54, 1.807) is 14.2 Å². The lowest BCUT2D eigenvalue weighted by molar-refractivity contribution is 0.416. The van der Waals surface area contributed by atoms with Crippen LogP contribution in [0.15, 0.2) is 36.4 Å². The van der Waals surface area contributed by atoms with Crippen molar-refractivity contribution in [2.24, 2.45) is 0 Å². The molecule has 0 radical (unpaired) electrons. The minimum absolute atomic E-state index is 0. The molecule has 0 fully saturated rings. The molecule has 0 unspecified atom stereocenters. The fourth-order valence-electron chi connectivity index (χ4n) is 1.78. The van der Waals surface area contributed by atoms with Gasteiger partial charge in [0.05, 0.1) is 25.6 Å². The van der Waals surface area contributed by atoms with Gasteiger partial charge < -0.3 is 20.9 Å². The molecule has 0 amide bonds. The first-order chi connectivity index (χ1) is 8.65. The first-order valence-corrected chi connectivity index (χ1v) is 5.53. The lowest BCUT2D eigenvalue weighted by Gasteiger charge is -2.10. The Morgan fingerprint density at radius 3 is 1.50 bits per heavy atom. The van der Waals surface area contributed by atoms with Crippen LogP contribution in [0.3, 0.4) is 0 Å². The van der Waals surface area contributed by atoms with Crippen molar-refractivity contribution in [3.05, 3.63) is 36.4 Å². The van der Waals surface area contributed by atoms with Crippen molar-refractivity contribution in [1.82, 2.24) is 0 Å². The number of methoxy groups -OCH3 is 2. The zero-order valence-corrected chi connectivity index (χ0v) is 10.4. The Morgan fingerprint density at radius 1 is 0.778 bits per heavy atom. The SMILES string of the molecule is COc1cc(-c2ccc(N)c(OC)c2)ccc1N.[H+]. The van der Waals surface area contributed by atoms with E-state index >= 15 is 0 Å². The second-order valence-electron chi connectivity index (χ2n) is 3.91. The molecule has 0 saturated carbocycles. The monoisotopic (exact) mass is 245 g/mol. The van der Waals surface area contributed by atoms with Crippen molar-refractivity contribution in [3.8, 4) is 22.6 Å². The summed E-state index contributed by atoms with van der Waals surface area (Å²) in [5, 5.41) is 0. The summed E-state index contributed by atoms with van der Waals surface area (Å²) in [5.74, 6) is 1.31. The predicted molar refractivity (Wildman–Crippen MR) is 74.9 cm³/mol. The molecule has 18 heavy (non-hydrogen) atoms. The van der Waals surface area contributed by atoms with Crippen LogP contribution < -0.4 is 20.9 Å². The topological polar surface area (TPSA) is 70.5 Å². The summed E-state index contributed by atoms with van der Waals surface area (Å²) in [6.07, 6.45) is 0. The summed E-state index contributed by atoms with van der Waals surface area (Å²) in [6.45, 7) is 0. The van der Waals surface area contributed by atoms with Crippen molar-refractivity contribution in [2.75, 3.05) is 25.7 Å². The highest BCUT2D eigenvalue weighted by molar-refractivity contribution is 5.73. The summed E-state index contributed by atoms with van der Waals surface area (Å²) >= 11 is 0. The van der Waals surface area contributed by atoms with Crippen LogP contribution >= 0.6 is 0 Å². The Hall–Kier alpha value is -2.36. The molecule has 0 atom stereocenters. The van der Waals surface area contributed by atoms with E-state index in [2.05, 4.69) is 0 Å². The minimum Gasteiger partial charge on any atom is -0.495 e. The fraction of sp³-hybridized carbons (Fsp3) is 0.143. The lowest BCUT2D eigenvalue weighted by atomic mass is 10.0. The molecule has 0 saturated heterocycles. The number of ether oxygens (including phenoxy) is 2. The van der Waals surface area contributed by atoms with E-state index in [4.69, 9.17) is 20.9 Å². The Morgan fingerprint density at radius 2 is 1.17 bits per heavy atom. The molecule has 2 rings (SSSR count). The van der Waals surface area contributed by atoms with Gasteiger partial charge in [0.2, 0.25) is 0 Å². The van der Waals surface area contributed by atoms with Gasteiger partial charge in [-0.1, -0.05) is 12.1 Å². The van der Waals surface area contributed by atoms with Gasteiger partial charge in [0.25, 0.3) is 0 Å². The quantitative estimate of drug-likeness (QED) is 0.815. The molecule has 0 aliphatic rings. The van der Waals surface area contributed by atoms with Crippen LogP contribution in [0.25, 0.3) is 11.1 Å². The normalized spacial score (nSPS) is 10.1. The van der Waals surface area contributed by atoms with E-state index in [-0.39, 0.29) is 1.43 Å². The molecular formula is C14H17N2O2+. The van der Waals surface area contributed by atoms with Crippen molar-refractivity contribution in [1.29, 1.82) is 0 Å². The Balaban J connectivity index is 0.00000180. The number of benzene rings is 2. The third-order valence-corrected chi connectivity index (χ3v) is 2.80. The number of nitrogens with two attached hydrogens (primary N) is 2. The number of hydrogen-bond donors (Lipinski definition) is 2. The Labute approximate surface area is 108 Å². The van der Waals surface area contributed by atoms with E-state index in [0.29, 0.717) is 22.9 Å². The highest BCUT2D eigenvalue weighted by Crippen LogP contribution is 2.32. The Bertz CT molecular complexity index is 522. The molecule has 4 N–H and O–H groups in total. The summed E-state index contributed by atoms with van der Waals surface area (Å²) in [4.78, 5) is 0. The summed E-state index contributed by atoms with van der Waals surface area (Å²) in [5.41, 5.74) is 14.8. The van der Waals surface area contributed by atoms with Crippen LogP contribution in [0.5, 0.6) is 11.5 Å². The molecule has 0 aliphatic heterocycles. The zero-order valence-electron chi connectivity index (χ0n) is 11.4. The third kappa shape index (κ3) is 2.18. The summed E-state index contributed by atoms with van der Waals surface area (Å²) < 4.78 is 10.4. The van der Waals surface area contributed by atoms with E-state index < -0.39 is 0 Å². The number of nitrogen functional groups attached to an aromatic ring is 2. The largest absolute Gasteiger partial charge is 1.00 e. The van der Waals surface area contributed by atoms with E-state index in [1.807, 2.05) is 36.4 Å². The molecule has 0 bridgehead atoms. The van der Waals surface area contributed by atoms with Crippen molar-refractivity contribution >= 4 is 11.4 Å². The standard InChI is InChI=1S/C14H16N2O2/c1-17-13-7-9(3-5-11(13)15)10-4-6-12(16)14(8-10)18-2/h3-8H,15-16H2,1-2H3/p+1. The van der Waals surface area contributed by atoms with Crippen molar-refractivity contribution in [2.45, 2.75) is 0 Å². The lowest BCUT2D eigenvalue weighted by Crippen LogP contribution is -1.94. The van der Waals surface area contributed by atoms with Gasteiger partial charge in [0.15, 0.2) is 0 Å². The van der Waals surface area contributed by atoms with E-state index in [0.717, 1.165) is 11.1 Å². The highest BCUT2D eigenvalue weighted by Gasteiger charge is 2.06. The summed E-state index contributed by atoms with van der Waals surface area (Å²) in [6, 6.07) is 11.3. The first-order valence-electron chi connectivity index (χ1n) is 5.53. The highest BCUT2D eigenvalue weighted by atomic mass is 16.5. The van der Waals surface area contributed by atoms with Gasteiger partial charge >= 0.3 is 1.43 Å². The van der Waals surface area contributed by atoms with Crippen LogP contribution in [0.2, 0.25) is 0 Å². The maximum Gasteiger partial charge on any atom is 1.00 e. The summed E-state index contributed by atoms with van der Waals surface area (Å²) in [7, 11) is 3.19. The molecular weight excluding hydrogens is 228 g/mol. The third-order valence-electron chi connectivity index (χ3n) is 2.80. The second-order valence-corrected chi connectivity index (χ2v) is 3.91.